The minimum absolute atomic E-state index is 0. The molecule has 0 heterocycles. The zero-order valence-electron chi connectivity index (χ0n) is 5.85. The van der Waals surface area contributed by atoms with Crippen molar-refractivity contribution >= 4 is 5.97 Å². The van der Waals surface area contributed by atoms with Gasteiger partial charge in [0.1, 0.15) is 0 Å². The molecule has 3 nitrogen and oxygen atoms in total. The van der Waals surface area contributed by atoms with Crippen LogP contribution < -0.4 is 6.15 Å². The van der Waals surface area contributed by atoms with Crippen molar-refractivity contribution in [1.82, 2.24) is 6.15 Å². The summed E-state index contributed by atoms with van der Waals surface area (Å²) in [5.74, 6) is -0.827. The van der Waals surface area contributed by atoms with Gasteiger partial charge in [0.2, 0.25) is 0 Å². The third-order valence-electron chi connectivity index (χ3n) is 0.848. The highest BCUT2D eigenvalue weighted by Crippen LogP contribution is 1.92. The van der Waals surface area contributed by atoms with Gasteiger partial charge in [0.05, 0.1) is 0 Å². The van der Waals surface area contributed by atoms with Crippen LogP contribution in [0.15, 0.2) is 11.6 Å². The van der Waals surface area contributed by atoms with Crippen LogP contribution in [0.25, 0.3) is 0 Å². The zero-order chi connectivity index (χ0) is 6.57. The Morgan fingerprint density at radius 1 is 1.67 bits per heavy atom. The van der Waals surface area contributed by atoms with Crippen molar-refractivity contribution in [3.05, 3.63) is 11.6 Å². The van der Waals surface area contributed by atoms with Gasteiger partial charge in [-0.05, 0) is 13.3 Å². The Labute approximate surface area is 55.0 Å². The van der Waals surface area contributed by atoms with Crippen LogP contribution in [0.4, 0.5) is 0 Å². The van der Waals surface area contributed by atoms with Crippen molar-refractivity contribution in [3.63, 3.8) is 0 Å². The summed E-state index contributed by atoms with van der Waals surface area (Å²) in [6, 6.07) is 0. The molecule has 0 radical (unpaired) electrons. The Morgan fingerprint density at radius 2 is 2.11 bits per heavy atom. The van der Waals surface area contributed by atoms with Crippen molar-refractivity contribution in [2.24, 2.45) is 0 Å². The number of rotatable bonds is 2. The summed E-state index contributed by atoms with van der Waals surface area (Å²) in [4.78, 5) is 10.0. The molecule has 0 saturated heterocycles. The van der Waals surface area contributed by atoms with E-state index < -0.39 is 5.97 Å². The number of carboxylic acids is 1. The van der Waals surface area contributed by atoms with Gasteiger partial charge in [-0.1, -0.05) is 13.0 Å². The monoisotopic (exact) mass is 131 g/mol. The van der Waals surface area contributed by atoms with Gasteiger partial charge >= 0.3 is 5.97 Å². The number of carbonyl (C=O) groups is 1. The molecule has 0 bridgehead atoms. The quantitative estimate of drug-likeness (QED) is 0.559. The van der Waals surface area contributed by atoms with E-state index in [0.717, 1.165) is 6.42 Å². The van der Waals surface area contributed by atoms with Gasteiger partial charge in [-0.3, -0.25) is 0 Å². The molecule has 0 atom stereocenters. The van der Waals surface area contributed by atoms with Gasteiger partial charge in [-0.25, -0.2) is 4.79 Å². The molecule has 0 fully saturated rings. The molecule has 0 amide bonds. The Morgan fingerprint density at radius 3 is 2.22 bits per heavy atom. The van der Waals surface area contributed by atoms with Crippen molar-refractivity contribution in [2.75, 3.05) is 0 Å². The van der Waals surface area contributed by atoms with Crippen molar-refractivity contribution in [1.29, 1.82) is 0 Å². The predicted molar refractivity (Wildman–Crippen MR) is 36.7 cm³/mol. The fourth-order valence-corrected chi connectivity index (χ4v) is 0.393. The Bertz CT molecular complexity index is 118. The predicted octanol–water partition coefficient (Wildman–Crippen LogP) is 1.59. The lowest BCUT2D eigenvalue weighted by Crippen LogP contribution is -1.94. The molecule has 0 unspecified atom stereocenters. The van der Waals surface area contributed by atoms with E-state index in [1.165, 1.54) is 0 Å². The molecule has 0 aromatic carbocycles. The topological polar surface area (TPSA) is 72.3 Å². The molecule has 3 heteroatoms. The Kier molecular flexibility index (Phi) is 6.51. The molecule has 4 N–H and O–H groups in total. The molecule has 0 spiro atoms. The first kappa shape index (κ1) is 11.0. The SMILES string of the molecule is CC/C=C(\C)C(=O)O.N. The first-order chi connectivity index (χ1) is 3.68. The molecular weight excluding hydrogens is 118 g/mol. The molecule has 0 rings (SSSR count). The smallest absolute Gasteiger partial charge is 0.330 e. The molecule has 0 aliphatic carbocycles. The van der Waals surface area contributed by atoms with E-state index in [1.54, 1.807) is 13.0 Å². The molecule has 0 saturated carbocycles. The average molecular weight is 131 g/mol. The summed E-state index contributed by atoms with van der Waals surface area (Å²) in [5.41, 5.74) is 0.424. The highest BCUT2D eigenvalue weighted by Gasteiger charge is 1.94. The standard InChI is InChI=1S/C6H10O2.H3N/c1-3-4-5(2)6(7)8;/h4H,3H2,1-2H3,(H,7,8);1H3/b5-4+;. The molecular formula is C6H13NO2. The molecule has 0 aliphatic heterocycles. The molecule has 9 heavy (non-hydrogen) atoms. The Hall–Kier alpha value is -0.830. The van der Waals surface area contributed by atoms with E-state index in [0.29, 0.717) is 5.57 Å². The lowest BCUT2D eigenvalue weighted by molar-refractivity contribution is -0.132. The largest absolute Gasteiger partial charge is 0.478 e. The van der Waals surface area contributed by atoms with Crippen molar-refractivity contribution in [3.8, 4) is 0 Å². The van der Waals surface area contributed by atoms with Crippen LogP contribution in [-0.2, 0) is 4.79 Å². The van der Waals surface area contributed by atoms with Gasteiger partial charge in [0, 0.05) is 5.57 Å². The number of allylic oxidation sites excluding steroid dienone is 1. The van der Waals surface area contributed by atoms with Crippen LogP contribution in [0.1, 0.15) is 20.3 Å². The first-order valence-corrected chi connectivity index (χ1v) is 2.58. The van der Waals surface area contributed by atoms with Gasteiger partial charge < -0.3 is 11.3 Å². The summed E-state index contributed by atoms with van der Waals surface area (Å²) in [5, 5.41) is 8.24. The summed E-state index contributed by atoms with van der Waals surface area (Å²) >= 11 is 0. The van der Waals surface area contributed by atoms with Crippen LogP contribution in [0.3, 0.4) is 0 Å². The summed E-state index contributed by atoms with van der Waals surface area (Å²) in [6.45, 7) is 3.50. The van der Waals surface area contributed by atoms with E-state index in [9.17, 15) is 4.79 Å². The maximum atomic E-state index is 10.0. The highest BCUT2D eigenvalue weighted by molar-refractivity contribution is 5.85. The summed E-state index contributed by atoms with van der Waals surface area (Å²) < 4.78 is 0. The minimum atomic E-state index is -0.827. The van der Waals surface area contributed by atoms with Crippen LogP contribution in [-0.4, -0.2) is 11.1 Å². The van der Waals surface area contributed by atoms with Gasteiger partial charge in [0.15, 0.2) is 0 Å². The number of aliphatic carboxylic acids is 1. The number of hydrogen-bond acceptors (Lipinski definition) is 2. The Balaban J connectivity index is 0. The molecule has 0 aromatic rings. The van der Waals surface area contributed by atoms with E-state index in [4.69, 9.17) is 5.11 Å². The van der Waals surface area contributed by atoms with Gasteiger partial charge in [-0.15, -0.1) is 0 Å². The van der Waals surface area contributed by atoms with Crippen LogP contribution in [0, 0.1) is 0 Å². The molecule has 0 aromatic heterocycles. The maximum absolute atomic E-state index is 10.0. The second kappa shape index (κ2) is 5.31. The van der Waals surface area contributed by atoms with Gasteiger partial charge in [-0.2, -0.15) is 0 Å². The van der Waals surface area contributed by atoms with E-state index in [1.807, 2.05) is 6.92 Å². The third kappa shape index (κ3) is 5.03. The van der Waals surface area contributed by atoms with Crippen LogP contribution in [0.5, 0.6) is 0 Å². The second-order valence-corrected chi connectivity index (χ2v) is 1.60. The maximum Gasteiger partial charge on any atom is 0.330 e. The lowest BCUT2D eigenvalue weighted by Gasteiger charge is -1.87. The normalized spacial score (nSPS) is 10.2. The summed E-state index contributed by atoms with van der Waals surface area (Å²) in [7, 11) is 0. The van der Waals surface area contributed by atoms with Crippen LogP contribution in [0.2, 0.25) is 0 Å². The van der Waals surface area contributed by atoms with Gasteiger partial charge in [0.25, 0.3) is 0 Å². The van der Waals surface area contributed by atoms with E-state index >= 15 is 0 Å². The summed E-state index contributed by atoms with van der Waals surface area (Å²) in [6.07, 6.45) is 2.47. The molecule has 54 valence electrons. The minimum Gasteiger partial charge on any atom is -0.478 e. The van der Waals surface area contributed by atoms with E-state index in [-0.39, 0.29) is 6.15 Å². The zero-order valence-corrected chi connectivity index (χ0v) is 5.85. The van der Waals surface area contributed by atoms with Crippen molar-refractivity contribution in [2.45, 2.75) is 20.3 Å². The average Bonchev–Trinajstić information content (AvgIpc) is 1.67. The second-order valence-electron chi connectivity index (χ2n) is 1.60. The fourth-order valence-electron chi connectivity index (χ4n) is 0.393. The molecule has 0 aliphatic rings. The van der Waals surface area contributed by atoms with Crippen molar-refractivity contribution < 1.29 is 9.90 Å². The van der Waals surface area contributed by atoms with Crippen LogP contribution >= 0.6 is 0 Å². The fraction of sp³-hybridized carbons (Fsp3) is 0.500. The number of hydrogen-bond donors (Lipinski definition) is 2. The first-order valence-electron chi connectivity index (χ1n) is 2.58. The lowest BCUT2D eigenvalue weighted by atomic mass is 10.2. The highest BCUT2D eigenvalue weighted by atomic mass is 16.4. The van der Waals surface area contributed by atoms with E-state index in [2.05, 4.69) is 0 Å². The third-order valence-corrected chi connectivity index (χ3v) is 0.848. The number of carboxylic acid groups (broad SMARTS) is 1.